The summed E-state index contributed by atoms with van der Waals surface area (Å²) in [5, 5.41) is 12.1. The summed E-state index contributed by atoms with van der Waals surface area (Å²) in [4.78, 5) is 14.7. The van der Waals surface area contributed by atoms with E-state index in [1.54, 1.807) is 6.07 Å². The molecular weight excluding hydrogens is 243 g/mol. The van der Waals surface area contributed by atoms with Crippen LogP contribution < -0.4 is 5.32 Å². The zero-order chi connectivity index (χ0) is 12.4. The van der Waals surface area contributed by atoms with Crippen molar-refractivity contribution in [2.75, 3.05) is 5.32 Å². The van der Waals surface area contributed by atoms with Gasteiger partial charge in [-0.1, -0.05) is 17.4 Å². The van der Waals surface area contributed by atoms with Crippen molar-refractivity contribution in [3.05, 3.63) is 40.7 Å². The highest BCUT2D eigenvalue weighted by atomic mass is 32.1. The zero-order valence-electron chi connectivity index (χ0n) is 8.90. The number of carboxylic acid groups (broad SMARTS) is 1. The molecule has 2 aromatic rings. The highest BCUT2D eigenvalue weighted by Gasteiger charge is 2.09. The second-order valence-corrected chi connectivity index (χ2v) is 4.45. The number of hydrogen-bond donors (Lipinski definition) is 2. The van der Waals surface area contributed by atoms with E-state index in [1.807, 2.05) is 6.92 Å². The summed E-state index contributed by atoms with van der Waals surface area (Å²) < 4.78 is 13.0. The molecule has 1 heterocycles. The molecule has 0 aliphatic carbocycles. The van der Waals surface area contributed by atoms with Gasteiger partial charge >= 0.3 is 5.97 Å². The maximum absolute atomic E-state index is 13.0. The molecule has 2 N–H and O–H groups in total. The first-order valence-corrected chi connectivity index (χ1v) is 5.60. The van der Waals surface area contributed by atoms with E-state index in [-0.39, 0.29) is 10.7 Å². The first kappa shape index (κ1) is 11.5. The normalized spacial score (nSPS) is 10.2. The molecule has 1 aromatic heterocycles. The second-order valence-electron chi connectivity index (χ2n) is 3.42. The Morgan fingerprint density at radius 2 is 2.29 bits per heavy atom. The lowest BCUT2D eigenvalue weighted by molar-refractivity contribution is 0.0702. The minimum atomic E-state index is -1.02. The van der Waals surface area contributed by atoms with Crippen LogP contribution in [-0.4, -0.2) is 16.1 Å². The van der Waals surface area contributed by atoms with Gasteiger partial charge in [-0.2, -0.15) is 0 Å². The molecule has 1 aromatic carbocycles. The number of halogens is 1. The standard InChI is InChI=1S/C11H9FN2O2S/c1-6-2-3-7(12)4-8(6)14-11-13-5-9(17-11)10(15)16/h2-5H,1H3,(H,13,14)(H,15,16). The average Bonchev–Trinajstić information content (AvgIpc) is 2.72. The van der Waals surface area contributed by atoms with Gasteiger partial charge in [-0.15, -0.1) is 0 Å². The Labute approximate surface area is 101 Å². The zero-order valence-corrected chi connectivity index (χ0v) is 9.71. The number of thiazole rings is 1. The molecule has 6 heteroatoms. The van der Waals surface area contributed by atoms with Crippen molar-refractivity contribution < 1.29 is 14.3 Å². The van der Waals surface area contributed by atoms with Crippen LogP contribution in [0.15, 0.2) is 24.4 Å². The van der Waals surface area contributed by atoms with Gasteiger partial charge in [-0.25, -0.2) is 14.2 Å². The molecular formula is C11H9FN2O2S. The number of nitrogens with zero attached hydrogens (tertiary/aromatic N) is 1. The Morgan fingerprint density at radius 3 is 2.94 bits per heavy atom. The summed E-state index contributed by atoms with van der Waals surface area (Å²) >= 11 is 1.01. The Morgan fingerprint density at radius 1 is 1.53 bits per heavy atom. The summed E-state index contributed by atoms with van der Waals surface area (Å²) in [6.45, 7) is 1.83. The van der Waals surface area contributed by atoms with E-state index in [2.05, 4.69) is 10.3 Å². The van der Waals surface area contributed by atoms with Crippen molar-refractivity contribution in [3.8, 4) is 0 Å². The lowest BCUT2D eigenvalue weighted by Gasteiger charge is -2.05. The fourth-order valence-electron chi connectivity index (χ4n) is 1.27. The van der Waals surface area contributed by atoms with Crippen LogP contribution in [0.2, 0.25) is 0 Å². The van der Waals surface area contributed by atoms with E-state index in [0.717, 1.165) is 16.9 Å². The lowest BCUT2D eigenvalue weighted by atomic mass is 10.2. The van der Waals surface area contributed by atoms with Crippen molar-refractivity contribution >= 4 is 28.1 Å². The summed E-state index contributed by atoms with van der Waals surface area (Å²) in [6.07, 6.45) is 1.27. The van der Waals surface area contributed by atoms with E-state index in [9.17, 15) is 9.18 Å². The quantitative estimate of drug-likeness (QED) is 0.881. The number of anilines is 2. The number of benzene rings is 1. The van der Waals surface area contributed by atoms with E-state index in [0.29, 0.717) is 10.8 Å². The van der Waals surface area contributed by atoms with E-state index in [4.69, 9.17) is 5.11 Å². The smallest absolute Gasteiger partial charge is 0.347 e. The van der Waals surface area contributed by atoms with Crippen molar-refractivity contribution in [1.29, 1.82) is 0 Å². The number of nitrogens with one attached hydrogen (secondary N) is 1. The maximum atomic E-state index is 13.0. The predicted molar refractivity (Wildman–Crippen MR) is 63.5 cm³/mol. The van der Waals surface area contributed by atoms with Gasteiger partial charge in [0.15, 0.2) is 5.13 Å². The number of aromatic nitrogens is 1. The molecule has 0 aliphatic rings. The number of carboxylic acids is 1. The van der Waals surface area contributed by atoms with E-state index in [1.165, 1.54) is 18.3 Å². The van der Waals surface area contributed by atoms with Gasteiger partial charge in [0.25, 0.3) is 0 Å². The molecule has 0 radical (unpaired) electrons. The molecule has 0 bridgehead atoms. The largest absolute Gasteiger partial charge is 0.477 e. The molecule has 0 unspecified atom stereocenters. The van der Waals surface area contributed by atoms with Gasteiger partial charge in [-0.3, -0.25) is 0 Å². The van der Waals surface area contributed by atoms with Crippen LogP contribution >= 0.6 is 11.3 Å². The Kier molecular flexibility index (Phi) is 3.06. The summed E-state index contributed by atoms with van der Waals surface area (Å²) in [6, 6.07) is 4.35. The maximum Gasteiger partial charge on any atom is 0.347 e. The Hall–Kier alpha value is -1.95. The fourth-order valence-corrected chi connectivity index (χ4v) is 1.94. The third kappa shape index (κ3) is 2.59. The van der Waals surface area contributed by atoms with Gasteiger partial charge in [0.1, 0.15) is 10.7 Å². The van der Waals surface area contributed by atoms with Gasteiger partial charge in [0.2, 0.25) is 0 Å². The molecule has 0 spiro atoms. The Balaban J connectivity index is 2.25. The number of rotatable bonds is 3. The molecule has 0 aliphatic heterocycles. The van der Waals surface area contributed by atoms with Crippen molar-refractivity contribution in [2.24, 2.45) is 0 Å². The highest BCUT2D eigenvalue weighted by molar-refractivity contribution is 7.17. The molecule has 0 saturated heterocycles. The van der Waals surface area contributed by atoms with Gasteiger partial charge in [0, 0.05) is 5.69 Å². The summed E-state index contributed by atoms with van der Waals surface area (Å²) in [5.74, 6) is -1.38. The van der Waals surface area contributed by atoms with Crippen molar-refractivity contribution in [3.63, 3.8) is 0 Å². The fraction of sp³-hybridized carbons (Fsp3) is 0.0909. The average molecular weight is 252 g/mol. The number of hydrogen-bond acceptors (Lipinski definition) is 4. The van der Waals surface area contributed by atoms with Crippen LogP contribution in [-0.2, 0) is 0 Å². The molecule has 17 heavy (non-hydrogen) atoms. The molecule has 0 atom stereocenters. The minimum absolute atomic E-state index is 0.140. The third-order valence-corrected chi connectivity index (χ3v) is 3.06. The summed E-state index contributed by atoms with van der Waals surface area (Å²) in [7, 11) is 0. The molecule has 4 nitrogen and oxygen atoms in total. The lowest BCUT2D eigenvalue weighted by Crippen LogP contribution is -1.93. The number of carbonyl (C=O) groups is 1. The second kappa shape index (κ2) is 4.50. The highest BCUT2D eigenvalue weighted by Crippen LogP contribution is 2.25. The molecule has 0 saturated carbocycles. The predicted octanol–water partition coefficient (Wildman–Crippen LogP) is 3.03. The van der Waals surface area contributed by atoms with Crippen LogP contribution in [0, 0.1) is 12.7 Å². The molecule has 2 rings (SSSR count). The first-order valence-electron chi connectivity index (χ1n) is 4.78. The van der Waals surface area contributed by atoms with Crippen LogP contribution in [0.4, 0.5) is 15.2 Å². The third-order valence-electron chi connectivity index (χ3n) is 2.16. The first-order chi connectivity index (χ1) is 8.06. The topological polar surface area (TPSA) is 62.2 Å². The van der Waals surface area contributed by atoms with Crippen molar-refractivity contribution in [2.45, 2.75) is 6.92 Å². The van der Waals surface area contributed by atoms with Gasteiger partial charge in [-0.05, 0) is 24.6 Å². The molecule has 88 valence electrons. The number of aromatic carboxylic acids is 1. The summed E-state index contributed by atoms with van der Waals surface area (Å²) in [5.41, 5.74) is 1.44. The van der Waals surface area contributed by atoms with Gasteiger partial charge < -0.3 is 10.4 Å². The van der Waals surface area contributed by atoms with E-state index >= 15 is 0 Å². The number of aryl methyl sites for hydroxylation is 1. The molecule has 0 fully saturated rings. The van der Waals surface area contributed by atoms with E-state index < -0.39 is 5.97 Å². The van der Waals surface area contributed by atoms with Crippen LogP contribution in [0.3, 0.4) is 0 Å². The van der Waals surface area contributed by atoms with Crippen LogP contribution in [0.25, 0.3) is 0 Å². The van der Waals surface area contributed by atoms with Crippen molar-refractivity contribution in [1.82, 2.24) is 4.98 Å². The van der Waals surface area contributed by atoms with Gasteiger partial charge in [0.05, 0.1) is 6.20 Å². The molecule has 0 amide bonds. The SMILES string of the molecule is Cc1ccc(F)cc1Nc1ncc(C(=O)O)s1. The monoisotopic (exact) mass is 252 g/mol. The Bertz CT molecular complexity index is 568. The van der Waals surface area contributed by atoms with Crippen LogP contribution in [0.1, 0.15) is 15.2 Å². The minimum Gasteiger partial charge on any atom is -0.477 e. The van der Waals surface area contributed by atoms with Crippen LogP contribution in [0.5, 0.6) is 0 Å².